The van der Waals surface area contributed by atoms with Gasteiger partial charge >= 0.3 is 29.6 Å². The van der Waals surface area contributed by atoms with E-state index in [1.165, 1.54) is 18.4 Å². The SMILES string of the molecule is COc1cncc(C2CCC(C)CN2)c1.[B-].[Na+]. The third-order valence-electron chi connectivity index (χ3n) is 3.03. The molecule has 0 spiro atoms. The number of nitrogens with one attached hydrogen (secondary N) is 1. The van der Waals surface area contributed by atoms with E-state index in [4.69, 9.17) is 4.74 Å². The van der Waals surface area contributed by atoms with Crippen molar-refractivity contribution in [1.82, 2.24) is 10.3 Å². The van der Waals surface area contributed by atoms with Gasteiger partial charge in [-0.1, -0.05) is 6.92 Å². The Morgan fingerprint density at radius 1 is 1.35 bits per heavy atom. The van der Waals surface area contributed by atoms with Gasteiger partial charge in [0.05, 0.1) is 13.3 Å². The van der Waals surface area contributed by atoms with Crippen molar-refractivity contribution in [2.24, 2.45) is 5.92 Å². The number of nitrogens with zero attached hydrogens (tertiary/aromatic N) is 1. The van der Waals surface area contributed by atoms with Gasteiger partial charge in [0, 0.05) is 12.2 Å². The van der Waals surface area contributed by atoms with Crippen LogP contribution in [0.25, 0.3) is 0 Å². The summed E-state index contributed by atoms with van der Waals surface area (Å²) in [6.07, 6.45) is 6.15. The second-order valence-electron chi connectivity index (χ2n) is 4.30. The van der Waals surface area contributed by atoms with Gasteiger partial charge in [0.25, 0.3) is 0 Å². The van der Waals surface area contributed by atoms with Crippen LogP contribution in [0.15, 0.2) is 18.5 Å². The molecule has 0 bridgehead atoms. The number of hydrogen-bond donors (Lipinski definition) is 1. The zero-order valence-electron chi connectivity index (χ0n) is 10.9. The Morgan fingerprint density at radius 2 is 2.12 bits per heavy atom. The zero-order valence-corrected chi connectivity index (χ0v) is 12.9. The molecule has 1 fully saturated rings. The van der Waals surface area contributed by atoms with Crippen LogP contribution in [-0.4, -0.2) is 27.1 Å². The molecule has 1 aliphatic rings. The summed E-state index contributed by atoms with van der Waals surface area (Å²) in [6.45, 7) is 3.38. The van der Waals surface area contributed by atoms with E-state index in [0.717, 1.165) is 18.2 Å². The number of pyridine rings is 1. The first-order valence-corrected chi connectivity index (χ1v) is 5.52. The van der Waals surface area contributed by atoms with Crippen molar-refractivity contribution in [3.8, 4) is 5.75 Å². The minimum absolute atomic E-state index is 0. The summed E-state index contributed by atoms with van der Waals surface area (Å²) < 4.78 is 5.18. The Labute approximate surface area is 128 Å². The molecule has 1 aliphatic heterocycles. The average molecular weight is 240 g/mol. The summed E-state index contributed by atoms with van der Waals surface area (Å²) >= 11 is 0. The summed E-state index contributed by atoms with van der Waals surface area (Å²) in [5.41, 5.74) is 1.24. The quantitative estimate of drug-likeness (QED) is 0.657. The molecule has 0 amide bonds. The van der Waals surface area contributed by atoms with E-state index in [-0.39, 0.29) is 38.0 Å². The van der Waals surface area contributed by atoms with Gasteiger partial charge in [-0.3, -0.25) is 4.98 Å². The Kier molecular flexibility index (Phi) is 8.13. The molecule has 0 aliphatic carbocycles. The van der Waals surface area contributed by atoms with E-state index in [0.29, 0.717) is 6.04 Å². The molecular formula is C12H18BN2NaO. The topological polar surface area (TPSA) is 34.1 Å². The van der Waals surface area contributed by atoms with Crippen LogP contribution in [0.1, 0.15) is 31.4 Å². The monoisotopic (exact) mass is 240 g/mol. The van der Waals surface area contributed by atoms with Crippen LogP contribution in [0.3, 0.4) is 0 Å². The molecule has 17 heavy (non-hydrogen) atoms. The summed E-state index contributed by atoms with van der Waals surface area (Å²) in [5.74, 6) is 1.63. The molecule has 1 aromatic rings. The van der Waals surface area contributed by atoms with Gasteiger partial charge in [0.1, 0.15) is 5.75 Å². The van der Waals surface area contributed by atoms with Crippen LogP contribution in [0.4, 0.5) is 0 Å². The maximum atomic E-state index is 5.18. The van der Waals surface area contributed by atoms with Gasteiger partial charge in [0.2, 0.25) is 0 Å². The molecule has 1 aromatic heterocycles. The minimum Gasteiger partial charge on any atom is -1.00 e. The first kappa shape index (κ1) is 17.0. The van der Waals surface area contributed by atoms with Gasteiger partial charge in [0.15, 0.2) is 0 Å². The number of methoxy groups -OCH3 is 1. The van der Waals surface area contributed by atoms with Crippen molar-refractivity contribution in [2.45, 2.75) is 25.8 Å². The van der Waals surface area contributed by atoms with Gasteiger partial charge in [-0.05, 0) is 36.9 Å². The van der Waals surface area contributed by atoms with E-state index in [1.54, 1.807) is 13.3 Å². The van der Waals surface area contributed by atoms with E-state index in [9.17, 15) is 0 Å². The van der Waals surface area contributed by atoms with Crippen LogP contribution < -0.4 is 39.6 Å². The van der Waals surface area contributed by atoms with Crippen LogP contribution >= 0.6 is 0 Å². The van der Waals surface area contributed by atoms with Crippen LogP contribution in [-0.2, 0) is 0 Å². The Bertz CT molecular complexity index is 330. The third kappa shape index (κ3) is 4.62. The van der Waals surface area contributed by atoms with E-state index < -0.39 is 0 Å². The standard InChI is InChI=1S/C12H18N2O.B.Na/c1-9-3-4-12(14-6-9)10-5-11(15-2)8-13-7-10;;/h5,7-9,12,14H,3-4,6H2,1-2H3;;/q;-1;+1. The van der Waals surface area contributed by atoms with Gasteiger partial charge < -0.3 is 18.5 Å². The van der Waals surface area contributed by atoms with Crippen molar-refractivity contribution in [3.05, 3.63) is 24.0 Å². The van der Waals surface area contributed by atoms with Crippen LogP contribution in [0, 0.1) is 5.92 Å². The Morgan fingerprint density at radius 3 is 2.71 bits per heavy atom. The predicted molar refractivity (Wildman–Crippen MR) is 65.7 cm³/mol. The summed E-state index contributed by atoms with van der Waals surface area (Å²) in [4.78, 5) is 4.18. The fourth-order valence-corrected chi connectivity index (χ4v) is 2.02. The fourth-order valence-electron chi connectivity index (χ4n) is 2.02. The fraction of sp³-hybridized carbons (Fsp3) is 0.583. The number of rotatable bonds is 2. The number of ether oxygens (including phenoxy) is 1. The number of aromatic nitrogens is 1. The summed E-state index contributed by atoms with van der Waals surface area (Å²) in [7, 11) is 1.68. The van der Waals surface area contributed by atoms with Crippen LogP contribution in [0.5, 0.6) is 5.75 Å². The molecule has 3 nitrogen and oxygen atoms in total. The van der Waals surface area contributed by atoms with Crippen molar-refractivity contribution < 1.29 is 34.3 Å². The van der Waals surface area contributed by atoms with Crippen molar-refractivity contribution >= 4 is 8.41 Å². The Balaban J connectivity index is 0.00000128. The van der Waals surface area contributed by atoms with Crippen LogP contribution in [0.2, 0.25) is 0 Å². The first-order valence-electron chi connectivity index (χ1n) is 5.52. The molecule has 4 radical (unpaired) electrons. The third-order valence-corrected chi connectivity index (χ3v) is 3.03. The minimum atomic E-state index is 0. The van der Waals surface area contributed by atoms with Gasteiger partial charge in [-0.25, -0.2) is 0 Å². The van der Waals surface area contributed by atoms with Gasteiger partial charge in [-0.2, -0.15) is 0 Å². The van der Waals surface area contributed by atoms with Crippen molar-refractivity contribution in [2.75, 3.05) is 13.7 Å². The van der Waals surface area contributed by atoms with E-state index >= 15 is 0 Å². The average Bonchev–Trinajstić information content (AvgIpc) is 2.30. The zero-order chi connectivity index (χ0) is 10.7. The molecule has 1 saturated heterocycles. The first-order chi connectivity index (χ1) is 7.29. The summed E-state index contributed by atoms with van der Waals surface area (Å²) in [6, 6.07) is 2.52. The maximum Gasteiger partial charge on any atom is 1.00 e. The molecular weight excluding hydrogens is 222 g/mol. The smallest absolute Gasteiger partial charge is 1.00 e. The molecule has 1 N–H and O–H groups in total. The molecule has 2 atom stereocenters. The second kappa shape index (κ2) is 8.14. The van der Waals surface area contributed by atoms with Crippen molar-refractivity contribution in [1.29, 1.82) is 0 Å². The second-order valence-corrected chi connectivity index (χ2v) is 4.30. The molecule has 86 valence electrons. The Hall–Kier alpha value is -0.0251. The summed E-state index contributed by atoms with van der Waals surface area (Å²) in [5, 5.41) is 3.54. The van der Waals surface area contributed by atoms with Crippen molar-refractivity contribution in [3.63, 3.8) is 0 Å². The van der Waals surface area contributed by atoms with Gasteiger partial charge in [-0.15, -0.1) is 0 Å². The molecule has 5 heteroatoms. The molecule has 2 rings (SSSR count). The normalized spacial score (nSPS) is 23.2. The maximum absolute atomic E-state index is 5.18. The molecule has 0 saturated carbocycles. The largest absolute Gasteiger partial charge is 1.00 e. The molecule has 2 heterocycles. The van der Waals surface area contributed by atoms with E-state index in [1.807, 2.05) is 6.20 Å². The van der Waals surface area contributed by atoms with E-state index in [2.05, 4.69) is 23.3 Å². The number of piperidine rings is 1. The molecule has 2 unspecified atom stereocenters. The molecule has 0 aromatic carbocycles. The predicted octanol–water partition coefficient (Wildman–Crippen LogP) is -1.23. The number of hydrogen-bond acceptors (Lipinski definition) is 3.